The fourth-order valence-electron chi connectivity index (χ4n) is 1.17. The van der Waals surface area contributed by atoms with Gasteiger partial charge < -0.3 is 11.1 Å². The maximum absolute atomic E-state index is 11.8. The molecule has 17 heavy (non-hydrogen) atoms. The quantitative estimate of drug-likeness (QED) is 0.891. The summed E-state index contributed by atoms with van der Waals surface area (Å²) in [6.45, 7) is 0. The lowest BCUT2D eigenvalue weighted by Crippen LogP contribution is -2.12. The Hall–Kier alpha value is -1.30. The van der Waals surface area contributed by atoms with E-state index in [9.17, 15) is 4.79 Å². The topological polar surface area (TPSA) is 68.0 Å². The van der Waals surface area contributed by atoms with Crippen LogP contribution in [-0.4, -0.2) is 10.9 Å². The Kier molecular flexibility index (Phi) is 3.51. The second kappa shape index (κ2) is 4.91. The van der Waals surface area contributed by atoms with Gasteiger partial charge in [-0.25, -0.2) is 4.98 Å². The number of hydrogen-bond acceptors (Lipinski definition) is 4. The lowest BCUT2D eigenvalue weighted by atomic mass is 10.3. The van der Waals surface area contributed by atoms with Crippen LogP contribution in [0.3, 0.4) is 0 Å². The normalized spacial score (nSPS) is 10.2. The van der Waals surface area contributed by atoms with E-state index in [0.717, 1.165) is 0 Å². The summed E-state index contributed by atoms with van der Waals surface area (Å²) >= 11 is 12.9. The number of benzene rings is 1. The first-order chi connectivity index (χ1) is 8.06. The van der Waals surface area contributed by atoms with Crippen LogP contribution in [0, 0.1) is 0 Å². The molecule has 1 amide bonds. The van der Waals surface area contributed by atoms with Gasteiger partial charge >= 0.3 is 0 Å². The van der Waals surface area contributed by atoms with Gasteiger partial charge in [0, 0.05) is 10.4 Å². The van der Waals surface area contributed by atoms with Gasteiger partial charge in [-0.1, -0.05) is 23.2 Å². The maximum atomic E-state index is 11.8. The molecule has 2 aromatic rings. The van der Waals surface area contributed by atoms with Crippen molar-refractivity contribution in [2.45, 2.75) is 0 Å². The van der Waals surface area contributed by atoms with E-state index in [-0.39, 0.29) is 11.6 Å². The number of hydrogen-bond donors (Lipinski definition) is 2. The Morgan fingerprint density at radius 1 is 1.41 bits per heavy atom. The van der Waals surface area contributed by atoms with Gasteiger partial charge in [0.1, 0.15) is 5.69 Å². The van der Waals surface area contributed by atoms with Crippen molar-refractivity contribution in [1.82, 2.24) is 4.98 Å². The highest BCUT2D eigenvalue weighted by Gasteiger charge is 2.11. The third kappa shape index (κ3) is 2.88. The van der Waals surface area contributed by atoms with Crippen molar-refractivity contribution in [2.75, 3.05) is 11.1 Å². The van der Waals surface area contributed by atoms with Crippen molar-refractivity contribution in [3.05, 3.63) is 39.3 Å². The number of carbonyl (C=O) groups excluding carboxylic acids is 1. The molecule has 0 aliphatic heterocycles. The summed E-state index contributed by atoms with van der Waals surface area (Å²) in [5.74, 6) is -0.373. The number of nitrogens with two attached hydrogens (primary N) is 1. The first-order valence-corrected chi connectivity index (χ1v) is 6.17. The van der Waals surface area contributed by atoms with Gasteiger partial charge in [-0.3, -0.25) is 4.79 Å². The molecule has 0 aliphatic rings. The maximum Gasteiger partial charge on any atom is 0.275 e. The molecule has 0 saturated carbocycles. The molecule has 1 heterocycles. The Bertz CT molecular complexity index is 570. The van der Waals surface area contributed by atoms with E-state index in [2.05, 4.69) is 10.3 Å². The van der Waals surface area contributed by atoms with E-state index in [0.29, 0.717) is 20.9 Å². The molecule has 2 rings (SSSR count). The summed E-state index contributed by atoms with van der Waals surface area (Å²) in [6.07, 6.45) is 0. The molecule has 7 heteroatoms. The second-order valence-corrected chi connectivity index (χ2v) is 4.88. The SMILES string of the molecule is Nc1nc(C(=O)Nc2cc(Cl)ccc2Cl)cs1. The number of rotatable bonds is 2. The van der Waals surface area contributed by atoms with Gasteiger partial charge in [-0.05, 0) is 18.2 Å². The lowest BCUT2D eigenvalue weighted by Gasteiger charge is -2.05. The lowest BCUT2D eigenvalue weighted by molar-refractivity contribution is 0.102. The van der Waals surface area contributed by atoms with Crippen LogP contribution in [0.15, 0.2) is 23.6 Å². The van der Waals surface area contributed by atoms with Crippen molar-refractivity contribution in [3.63, 3.8) is 0 Å². The highest BCUT2D eigenvalue weighted by Crippen LogP contribution is 2.26. The van der Waals surface area contributed by atoms with Gasteiger partial charge in [-0.2, -0.15) is 0 Å². The minimum absolute atomic E-state index is 0.253. The Labute approximate surface area is 111 Å². The van der Waals surface area contributed by atoms with E-state index >= 15 is 0 Å². The van der Waals surface area contributed by atoms with E-state index in [1.807, 2.05) is 0 Å². The molecule has 0 unspecified atom stereocenters. The van der Waals surface area contributed by atoms with Crippen LogP contribution in [0.5, 0.6) is 0 Å². The molecule has 4 nitrogen and oxygen atoms in total. The third-order valence-electron chi connectivity index (χ3n) is 1.93. The zero-order valence-electron chi connectivity index (χ0n) is 8.41. The summed E-state index contributed by atoms with van der Waals surface area (Å²) in [5, 5.41) is 5.42. The van der Waals surface area contributed by atoms with Gasteiger partial charge in [0.2, 0.25) is 0 Å². The second-order valence-electron chi connectivity index (χ2n) is 3.15. The molecule has 0 radical (unpaired) electrons. The van der Waals surface area contributed by atoms with Gasteiger partial charge in [0.15, 0.2) is 5.13 Å². The smallest absolute Gasteiger partial charge is 0.275 e. The molecule has 0 saturated heterocycles. The highest BCUT2D eigenvalue weighted by atomic mass is 35.5. The molecule has 0 bridgehead atoms. The molecule has 0 atom stereocenters. The molecule has 3 N–H and O–H groups in total. The van der Waals surface area contributed by atoms with Crippen LogP contribution in [0.4, 0.5) is 10.8 Å². The predicted molar refractivity (Wildman–Crippen MR) is 70.9 cm³/mol. The highest BCUT2D eigenvalue weighted by molar-refractivity contribution is 7.13. The predicted octanol–water partition coefficient (Wildman–Crippen LogP) is 3.28. The number of aromatic nitrogens is 1. The van der Waals surface area contributed by atoms with Crippen molar-refractivity contribution in [2.24, 2.45) is 0 Å². The van der Waals surface area contributed by atoms with Crippen molar-refractivity contribution >= 4 is 51.3 Å². The minimum atomic E-state index is -0.373. The molecular formula is C10H7Cl2N3OS. The average molecular weight is 288 g/mol. The van der Waals surface area contributed by atoms with Crippen LogP contribution >= 0.6 is 34.5 Å². The Morgan fingerprint density at radius 3 is 2.82 bits per heavy atom. The summed E-state index contributed by atoms with van der Waals surface area (Å²) in [6, 6.07) is 4.81. The fourth-order valence-corrected chi connectivity index (χ4v) is 2.05. The summed E-state index contributed by atoms with van der Waals surface area (Å²) in [7, 11) is 0. The third-order valence-corrected chi connectivity index (χ3v) is 3.17. The fraction of sp³-hybridized carbons (Fsp3) is 0. The van der Waals surface area contributed by atoms with Crippen molar-refractivity contribution < 1.29 is 4.79 Å². The molecule has 0 aliphatic carbocycles. The number of carbonyl (C=O) groups is 1. The van der Waals surface area contributed by atoms with Crippen LogP contribution in [0.1, 0.15) is 10.5 Å². The zero-order valence-corrected chi connectivity index (χ0v) is 10.7. The summed E-state index contributed by atoms with van der Waals surface area (Å²) in [4.78, 5) is 15.6. The van der Waals surface area contributed by atoms with E-state index in [1.165, 1.54) is 11.3 Å². The van der Waals surface area contributed by atoms with Crippen molar-refractivity contribution in [3.8, 4) is 0 Å². The number of nitrogen functional groups attached to an aromatic ring is 1. The zero-order chi connectivity index (χ0) is 12.4. The molecule has 1 aromatic carbocycles. The van der Waals surface area contributed by atoms with Crippen LogP contribution in [-0.2, 0) is 0 Å². The Morgan fingerprint density at radius 2 is 2.18 bits per heavy atom. The minimum Gasteiger partial charge on any atom is -0.375 e. The van der Waals surface area contributed by atoms with Gasteiger partial charge in [0.25, 0.3) is 5.91 Å². The van der Waals surface area contributed by atoms with Gasteiger partial charge in [-0.15, -0.1) is 11.3 Å². The number of halogens is 2. The molecule has 0 fully saturated rings. The first kappa shape index (κ1) is 12.2. The van der Waals surface area contributed by atoms with E-state index in [1.54, 1.807) is 23.6 Å². The van der Waals surface area contributed by atoms with Crippen LogP contribution in [0.2, 0.25) is 10.0 Å². The largest absolute Gasteiger partial charge is 0.375 e. The number of nitrogens with zero attached hydrogens (tertiary/aromatic N) is 1. The first-order valence-electron chi connectivity index (χ1n) is 4.53. The molecule has 0 spiro atoms. The number of thiazole rings is 1. The van der Waals surface area contributed by atoms with E-state index < -0.39 is 0 Å². The van der Waals surface area contributed by atoms with Gasteiger partial charge in [0.05, 0.1) is 10.7 Å². The van der Waals surface area contributed by atoms with E-state index in [4.69, 9.17) is 28.9 Å². The molecule has 88 valence electrons. The monoisotopic (exact) mass is 287 g/mol. The average Bonchev–Trinajstić information content (AvgIpc) is 2.70. The molecule has 1 aromatic heterocycles. The summed E-state index contributed by atoms with van der Waals surface area (Å²) < 4.78 is 0. The number of amides is 1. The number of anilines is 2. The standard InChI is InChI=1S/C10H7Cl2N3OS/c11-5-1-2-6(12)7(3-5)14-9(16)8-4-17-10(13)15-8/h1-4H,(H2,13,15)(H,14,16). The van der Waals surface area contributed by atoms with Crippen LogP contribution < -0.4 is 11.1 Å². The summed E-state index contributed by atoms with van der Waals surface area (Å²) in [5.41, 5.74) is 6.14. The van der Waals surface area contributed by atoms with Crippen LogP contribution in [0.25, 0.3) is 0 Å². The van der Waals surface area contributed by atoms with Crippen molar-refractivity contribution in [1.29, 1.82) is 0 Å². The Balaban J connectivity index is 2.21. The molecular weight excluding hydrogens is 281 g/mol. The number of nitrogens with one attached hydrogen (secondary N) is 1.